The monoisotopic (exact) mass is 417 g/mol. The topological polar surface area (TPSA) is 90.0 Å². The second kappa shape index (κ2) is 8.75. The number of esters is 1. The molecule has 2 aromatic rings. The van der Waals surface area contributed by atoms with E-state index < -0.39 is 22.1 Å². The molecule has 0 aromatic heterocycles. The molecule has 1 unspecified atom stereocenters. The van der Waals surface area contributed by atoms with Gasteiger partial charge in [0, 0.05) is 18.7 Å². The first kappa shape index (κ1) is 21.0. The lowest BCUT2D eigenvalue weighted by Gasteiger charge is -2.18. The van der Waals surface area contributed by atoms with Crippen LogP contribution in [0.5, 0.6) is 5.75 Å². The van der Waals surface area contributed by atoms with Crippen LogP contribution in [0.2, 0.25) is 0 Å². The first-order chi connectivity index (χ1) is 13.8. The molecule has 1 fully saturated rings. The Morgan fingerprint density at radius 3 is 2.28 bits per heavy atom. The summed E-state index contributed by atoms with van der Waals surface area (Å²) in [6.07, 6.45) is 0.579. The molecule has 0 N–H and O–H groups in total. The van der Waals surface area contributed by atoms with Gasteiger partial charge >= 0.3 is 5.97 Å². The van der Waals surface area contributed by atoms with Crippen molar-refractivity contribution in [2.45, 2.75) is 30.8 Å². The molecule has 0 bridgehead atoms. The molecule has 8 heteroatoms. The number of nitrogens with zero attached hydrogens (tertiary/aromatic N) is 1. The van der Waals surface area contributed by atoms with Crippen molar-refractivity contribution >= 4 is 21.8 Å². The van der Waals surface area contributed by atoms with Gasteiger partial charge in [-0.05, 0) is 38.0 Å². The molecule has 1 aliphatic heterocycles. The highest BCUT2D eigenvalue weighted by Crippen LogP contribution is 2.30. The van der Waals surface area contributed by atoms with Crippen molar-refractivity contribution in [3.63, 3.8) is 0 Å². The van der Waals surface area contributed by atoms with Gasteiger partial charge in [-0.25, -0.2) is 13.2 Å². The van der Waals surface area contributed by atoms with Crippen LogP contribution >= 0.6 is 0 Å². The quantitative estimate of drug-likeness (QED) is 0.508. The summed E-state index contributed by atoms with van der Waals surface area (Å²) in [6, 6.07) is 12.6. The zero-order chi connectivity index (χ0) is 21.0. The zero-order valence-electron chi connectivity index (χ0n) is 16.3. The molecule has 0 amide bonds. The van der Waals surface area contributed by atoms with Gasteiger partial charge in [-0.2, -0.15) is 4.31 Å². The van der Waals surface area contributed by atoms with Crippen molar-refractivity contribution in [1.29, 1.82) is 0 Å². The van der Waals surface area contributed by atoms with E-state index in [1.54, 1.807) is 30.3 Å². The molecule has 0 spiro atoms. The molecule has 7 nitrogen and oxygen atoms in total. The summed E-state index contributed by atoms with van der Waals surface area (Å²) in [7, 11) is -2.42. The molecule has 1 atom stereocenters. The molecule has 2 aromatic carbocycles. The Morgan fingerprint density at radius 1 is 1.00 bits per heavy atom. The van der Waals surface area contributed by atoms with Gasteiger partial charge in [-0.3, -0.25) is 4.79 Å². The molecule has 0 radical (unpaired) electrons. The minimum atomic E-state index is -3.79. The molecule has 0 aliphatic carbocycles. The van der Waals surface area contributed by atoms with Crippen LogP contribution in [0.15, 0.2) is 53.4 Å². The zero-order valence-corrected chi connectivity index (χ0v) is 17.1. The van der Waals surface area contributed by atoms with Gasteiger partial charge in [0.2, 0.25) is 15.8 Å². The summed E-state index contributed by atoms with van der Waals surface area (Å²) in [6.45, 7) is 2.35. The lowest BCUT2D eigenvalue weighted by molar-refractivity contribution is 0.0318. The number of ketones is 1. The van der Waals surface area contributed by atoms with Crippen molar-refractivity contribution in [2.24, 2.45) is 0 Å². The molecule has 3 rings (SSSR count). The third-order valence-electron chi connectivity index (χ3n) is 4.79. The molecule has 154 valence electrons. The average molecular weight is 417 g/mol. The maximum Gasteiger partial charge on any atom is 0.338 e. The van der Waals surface area contributed by atoms with Crippen LogP contribution in [-0.2, 0) is 14.8 Å². The van der Waals surface area contributed by atoms with E-state index in [-0.39, 0.29) is 22.0 Å². The highest BCUT2D eigenvalue weighted by atomic mass is 32.2. The van der Waals surface area contributed by atoms with E-state index in [4.69, 9.17) is 9.47 Å². The minimum absolute atomic E-state index is 0.0382. The number of methoxy groups -OCH3 is 1. The van der Waals surface area contributed by atoms with Crippen LogP contribution < -0.4 is 4.74 Å². The van der Waals surface area contributed by atoms with E-state index >= 15 is 0 Å². The number of ether oxygens (including phenoxy) is 2. The second-order valence-corrected chi connectivity index (χ2v) is 8.66. The summed E-state index contributed by atoms with van der Waals surface area (Å²) in [5, 5.41) is 0. The van der Waals surface area contributed by atoms with Crippen LogP contribution in [-0.4, -0.2) is 50.8 Å². The number of hydrogen-bond donors (Lipinski definition) is 0. The second-order valence-electron chi connectivity index (χ2n) is 6.75. The molecule has 1 aliphatic rings. The van der Waals surface area contributed by atoms with Crippen LogP contribution in [0.1, 0.15) is 40.5 Å². The fourth-order valence-corrected chi connectivity index (χ4v) is 4.89. The maximum absolute atomic E-state index is 12.9. The number of carbonyl (C=O) groups is 2. The summed E-state index contributed by atoms with van der Waals surface area (Å²) >= 11 is 0. The maximum atomic E-state index is 12.9. The van der Waals surface area contributed by atoms with Crippen molar-refractivity contribution in [3.8, 4) is 5.75 Å². The lowest BCUT2D eigenvalue weighted by Crippen LogP contribution is -2.28. The number of hydrogen-bond acceptors (Lipinski definition) is 6. The predicted molar refractivity (Wildman–Crippen MR) is 107 cm³/mol. The molecule has 0 saturated carbocycles. The number of sulfonamides is 1. The average Bonchev–Trinajstić information content (AvgIpc) is 3.29. The Morgan fingerprint density at radius 2 is 1.66 bits per heavy atom. The molecule has 1 heterocycles. The molecular weight excluding hydrogens is 394 g/mol. The van der Waals surface area contributed by atoms with Crippen molar-refractivity contribution in [3.05, 3.63) is 59.7 Å². The SMILES string of the molecule is COc1ccc(C(=O)OC(C)C(=O)c2ccccc2)cc1S(=O)(=O)N1CCCC1. The van der Waals surface area contributed by atoms with E-state index in [2.05, 4.69) is 0 Å². The largest absolute Gasteiger partial charge is 0.495 e. The lowest BCUT2D eigenvalue weighted by atomic mass is 10.1. The van der Waals surface area contributed by atoms with Crippen LogP contribution in [0, 0.1) is 0 Å². The van der Waals surface area contributed by atoms with Crippen LogP contribution in [0.3, 0.4) is 0 Å². The van der Waals surface area contributed by atoms with Crippen LogP contribution in [0.4, 0.5) is 0 Å². The summed E-state index contributed by atoms with van der Waals surface area (Å²) in [4.78, 5) is 24.9. The van der Waals surface area contributed by atoms with E-state index in [0.29, 0.717) is 18.7 Å². The van der Waals surface area contributed by atoms with E-state index in [1.165, 1.54) is 36.5 Å². The standard InChI is InChI=1S/C21H23NO6S/c1-15(20(23)16-8-4-3-5-9-16)28-21(24)17-10-11-18(27-2)19(14-17)29(25,26)22-12-6-7-13-22/h3-5,8-11,14-15H,6-7,12-13H2,1-2H3. The number of carbonyl (C=O) groups excluding carboxylic acids is 2. The van der Waals surface area contributed by atoms with Gasteiger partial charge in [0.15, 0.2) is 6.10 Å². The van der Waals surface area contributed by atoms with Gasteiger partial charge in [-0.1, -0.05) is 30.3 Å². The Hall–Kier alpha value is -2.71. The first-order valence-electron chi connectivity index (χ1n) is 9.33. The van der Waals surface area contributed by atoms with Gasteiger partial charge in [-0.15, -0.1) is 0 Å². The Bertz CT molecular complexity index is 997. The molecule has 29 heavy (non-hydrogen) atoms. The summed E-state index contributed by atoms with van der Waals surface area (Å²) in [5.41, 5.74) is 0.469. The summed E-state index contributed by atoms with van der Waals surface area (Å²) < 4.78 is 37.7. The van der Waals surface area contributed by atoms with E-state index in [0.717, 1.165) is 12.8 Å². The number of Topliss-reactive ketones (excluding diaryl/α,β-unsaturated/α-hetero) is 1. The van der Waals surface area contributed by atoms with Crippen molar-refractivity contribution in [1.82, 2.24) is 4.31 Å². The van der Waals surface area contributed by atoms with Crippen molar-refractivity contribution < 1.29 is 27.5 Å². The highest BCUT2D eigenvalue weighted by Gasteiger charge is 2.31. The summed E-state index contributed by atoms with van der Waals surface area (Å²) in [5.74, 6) is -0.957. The van der Waals surface area contributed by atoms with E-state index in [1.807, 2.05) is 0 Å². The van der Waals surface area contributed by atoms with Gasteiger partial charge in [0.1, 0.15) is 10.6 Å². The Labute approximate surface area is 170 Å². The third-order valence-corrected chi connectivity index (χ3v) is 6.71. The van der Waals surface area contributed by atoms with Gasteiger partial charge < -0.3 is 9.47 Å². The predicted octanol–water partition coefficient (Wildman–Crippen LogP) is 2.91. The van der Waals surface area contributed by atoms with Crippen LogP contribution in [0.25, 0.3) is 0 Å². The Balaban J connectivity index is 1.83. The third kappa shape index (κ3) is 4.49. The van der Waals surface area contributed by atoms with Crippen molar-refractivity contribution in [2.75, 3.05) is 20.2 Å². The fourth-order valence-electron chi connectivity index (χ4n) is 3.19. The number of benzene rings is 2. The Kier molecular flexibility index (Phi) is 6.34. The minimum Gasteiger partial charge on any atom is -0.495 e. The highest BCUT2D eigenvalue weighted by molar-refractivity contribution is 7.89. The van der Waals surface area contributed by atoms with Gasteiger partial charge in [0.05, 0.1) is 12.7 Å². The smallest absolute Gasteiger partial charge is 0.338 e. The van der Waals surface area contributed by atoms with Gasteiger partial charge in [0.25, 0.3) is 0 Å². The fraction of sp³-hybridized carbons (Fsp3) is 0.333. The first-order valence-corrected chi connectivity index (χ1v) is 10.8. The normalized spacial score (nSPS) is 15.7. The molecule has 1 saturated heterocycles. The molecular formula is C21H23NO6S. The number of rotatable bonds is 7. The van der Waals surface area contributed by atoms with E-state index in [9.17, 15) is 18.0 Å².